The van der Waals surface area contributed by atoms with Crippen LogP contribution in [0, 0.1) is 18.8 Å². The van der Waals surface area contributed by atoms with Crippen LogP contribution in [0.3, 0.4) is 0 Å². The lowest BCUT2D eigenvalue weighted by atomic mass is 9.88. The topological polar surface area (TPSA) is 43.1 Å². The van der Waals surface area contributed by atoms with Crippen LogP contribution >= 0.6 is 11.6 Å². The SMILES string of the molecule is Cc1ccc(C(=O)C2CCCC2CN)cc1Cl. The molecule has 0 amide bonds. The van der Waals surface area contributed by atoms with E-state index in [2.05, 4.69) is 0 Å². The van der Waals surface area contributed by atoms with Gasteiger partial charge in [-0.2, -0.15) is 0 Å². The second kappa shape index (κ2) is 5.19. The maximum atomic E-state index is 12.4. The average Bonchev–Trinajstić information content (AvgIpc) is 2.80. The molecule has 2 N–H and O–H groups in total. The Kier molecular flexibility index (Phi) is 3.85. The van der Waals surface area contributed by atoms with Crippen molar-refractivity contribution in [3.05, 3.63) is 34.3 Å². The number of halogens is 1. The summed E-state index contributed by atoms with van der Waals surface area (Å²) in [7, 11) is 0. The van der Waals surface area contributed by atoms with Crippen molar-refractivity contribution < 1.29 is 4.79 Å². The van der Waals surface area contributed by atoms with Crippen molar-refractivity contribution in [2.24, 2.45) is 17.6 Å². The summed E-state index contributed by atoms with van der Waals surface area (Å²) in [5, 5.41) is 0.665. The van der Waals surface area contributed by atoms with E-state index in [9.17, 15) is 4.79 Å². The molecule has 2 nitrogen and oxygen atoms in total. The van der Waals surface area contributed by atoms with Crippen molar-refractivity contribution in [2.75, 3.05) is 6.54 Å². The fraction of sp³-hybridized carbons (Fsp3) is 0.500. The summed E-state index contributed by atoms with van der Waals surface area (Å²) in [5.74, 6) is 0.654. The second-order valence-corrected chi connectivity index (χ2v) is 5.27. The first-order chi connectivity index (χ1) is 8.13. The van der Waals surface area contributed by atoms with Crippen LogP contribution in [0.2, 0.25) is 5.02 Å². The maximum absolute atomic E-state index is 12.4. The van der Waals surface area contributed by atoms with Crippen molar-refractivity contribution in [3.8, 4) is 0 Å². The predicted octanol–water partition coefficient (Wildman–Crippen LogP) is 3.21. The molecule has 1 saturated carbocycles. The predicted molar refractivity (Wildman–Crippen MR) is 70.4 cm³/mol. The lowest BCUT2D eigenvalue weighted by Gasteiger charge is -2.16. The number of rotatable bonds is 3. The Balaban J connectivity index is 2.21. The number of hydrogen-bond donors (Lipinski definition) is 1. The number of Topliss-reactive ketones (excluding diaryl/α,β-unsaturated/α-hetero) is 1. The molecule has 3 heteroatoms. The molecule has 2 unspecified atom stereocenters. The molecule has 1 aliphatic rings. The van der Waals surface area contributed by atoms with E-state index in [1.54, 1.807) is 6.07 Å². The number of hydrogen-bond acceptors (Lipinski definition) is 2. The summed E-state index contributed by atoms with van der Waals surface area (Å²) < 4.78 is 0. The van der Waals surface area contributed by atoms with E-state index in [-0.39, 0.29) is 11.7 Å². The Morgan fingerprint density at radius 1 is 1.47 bits per heavy atom. The molecule has 0 aliphatic heterocycles. The van der Waals surface area contributed by atoms with Crippen LogP contribution in [0.15, 0.2) is 18.2 Å². The summed E-state index contributed by atoms with van der Waals surface area (Å²) in [6, 6.07) is 5.56. The molecular weight excluding hydrogens is 234 g/mol. The van der Waals surface area contributed by atoms with E-state index in [0.29, 0.717) is 17.5 Å². The molecule has 0 heterocycles. The van der Waals surface area contributed by atoms with Gasteiger partial charge in [0.15, 0.2) is 5.78 Å². The van der Waals surface area contributed by atoms with Gasteiger partial charge in [0.1, 0.15) is 0 Å². The zero-order valence-electron chi connectivity index (χ0n) is 10.1. The third kappa shape index (κ3) is 2.53. The maximum Gasteiger partial charge on any atom is 0.166 e. The van der Waals surface area contributed by atoms with Gasteiger partial charge in [-0.15, -0.1) is 0 Å². The van der Waals surface area contributed by atoms with Gasteiger partial charge >= 0.3 is 0 Å². The van der Waals surface area contributed by atoms with Gasteiger partial charge in [-0.05, 0) is 43.9 Å². The van der Waals surface area contributed by atoms with Gasteiger partial charge in [-0.1, -0.05) is 30.2 Å². The van der Waals surface area contributed by atoms with Gasteiger partial charge < -0.3 is 5.73 Å². The zero-order valence-corrected chi connectivity index (χ0v) is 10.8. The standard InChI is InChI=1S/C14H18ClNO/c1-9-5-6-10(7-13(9)15)14(17)12-4-2-3-11(12)8-16/h5-7,11-12H,2-4,8,16H2,1H3. The van der Waals surface area contributed by atoms with Crippen LogP contribution in [0.5, 0.6) is 0 Å². The molecule has 0 bridgehead atoms. The normalized spacial score (nSPS) is 23.9. The van der Waals surface area contributed by atoms with Gasteiger partial charge in [-0.3, -0.25) is 4.79 Å². The Hall–Kier alpha value is -0.860. The second-order valence-electron chi connectivity index (χ2n) is 4.86. The van der Waals surface area contributed by atoms with Crippen molar-refractivity contribution in [3.63, 3.8) is 0 Å². The third-order valence-corrected chi connectivity index (χ3v) is 4.16. The molecule has 1 aliphatic carbocycles. The van der Waals surface area contributed by atoms with Crippen LogP contribution in [-0.2, 0) is 0 Å². The average molecular weight is 252 g/mol. The largest absolute Gasteiger partial charge is 0.330 e. The first-order valence-corrected chi connectivity index (χ1v) is 6.51. The van der Waals surface area contributed by atoms with Crippen LogP contribution in [0.25, 0.3) is 0 Å². The van der Waals surface area contributed by atoms with Gasteiger partial charge in [-0.25, -0.2) is 0 Å². The van der Waals surface area contributed by atoms with Crippen molar-refractivity contribution in [2.45, 2.75) is 26.2 Å². The van der Waals surface area contributed by atoms with Crippen molar-refractivity contribution in [1.29, 1.82) is 0 Å². The minimum Gasteiger partial charge on any atom is -0.330 e. The highest BCUT2D eigenvalue weighted by Gasteiger charge is 2.32. The molecule has 1 fully saturated rings. The monoisotopic (exact) mass is 251 g/mol. The number of ketones is 1. The quantitative estimate of drug-likeness (QED) is 0.839. The Bertz CT molecular complexity index is 430. The van der Waals surface area contributed by atoms with E-state index < -0.39 is 0 Å². The van der Waals surface area contributed by atoms with Gasteiger partial charge in [0.05, 0.1) is 0 Å². The number of carbonyl (C=O) groups excluding carboxylic acids is 1. The van der Waals surface area contributed by atoms with E-state index in [1.165, 1.54) is 0 Å². The summed E-state index contributed by atoms with van der Waals surface area (Å²) >= 11 is 6.06. The Labute approximate surface area is 107 Å². The van der Waals surface area contributed by atoms with Crippen LogP contribution in [0.1, 0.15) is 35.2 Å². The Morgan fingerprint density at radius 3 is 2.88 bits per heavy atom. The molecule has 0 aromatic heterocycles. The van der Waals surface area contributed by atoms with Crippen molar-refractivity contribution in [1.82, 2.24) is 0 Å². The molecule has 1 aromatic rings. The highest BCUT2D eigenvalue weighted by molar-refractivity contribution is 6.31. The first-order valence-electron chi connectivity index (χ1n) is 6.14. The summed E-state index contributed by atoms with van der Waals surface area (Å²) in [6.45, 7) is 2.55. The van der Waals surface area contributed by atoms with E-state index in [4.69, 9.17) is 17.3 Å². The number of aryl methyl sites for hydroxylation is 1. The molecule has 2 rings (SSSR count). The minimum atomic E-state index is 0.0961. The molecule has 92 valence electrons. The van der Waals surface area contributed by atoms with E-state index in [1.807, 2.05) is 19.1 Å². The van der Waals surface area contributed by atoms with Gasteiger partial charge in [0, 0.05) is 16.5 Å². The molecular formula is C14H18ClNO. The molecule has 0 radical (unpaired) electrons. The molecule has 0 saturated heterocycles. The molecule has 2 atom stereocenters. The lowest BCUT2D eigenvalue weighted by molar-refractivity contribution is 0.0893. The third-order valence-electron chi connectivity index (χ3n) is 3.75. The highest BCUT2D eigenvalue weighted by Crippen LogP contribution is 2.34. The summed E-state index contributed by atoms with van der Waals surface area (Å²) in [6.07, 6.45) is 3.15. The summed E-state index contributed by atoms with van der Waals surface area (Å²) in [5.41, 5.74) is 7.45. The minimum absolute atomic E-state index is 0.0961. The van der Waals surface area contributed by atoms with E-state index in [0.717, 1.165) is 30.4 Å². The van der Waals surface area contributed by atoms with Crippen LogP contribution in [0.4, 0.5) is 0 Å². The van der Waals surface area contributed by atoms with Gasteiger partial charge in [0.25, 0.3) is 0 Å². The smallest absolute Gasteiger partial charge is 0.166 e. The summed E-state index contributed by atoms with van der Waals surface area (Å²) in [4.78, 5) is 12.4. The lowest BCUT2D eigenvalue weighted by Crippen LogP contribution is -2.25. The number of benzene rings is 1. The van der Waals surface area contributed by atoms with E-state index >= 15 is 0 Å². The molecule has 1 aromatic carbocycles. The van der Waals surface area contributed by atoms with Crippen molar-refractivity contribution >= 4 is 17.4 Å². The van der Waals surface area contributed by atoms with Gasteiger partial charge in [0.2, 0.25) is 0 Å². The molecule has 17 heavy (non-hydrogen) atoms. The first kappa shape index (κ1) is 12.6. The zero-order chi connectivity index (χ0) is 12.4. The highest BCUT2D eigenvalue weighted by atomic mass is 35.5. The van der Waals surface area contributed by atoms with Crippen LogP contribution < -0.4 is 5.73 Å². The Morgan fingerprint density at radius 2 is 2.24 bits per heavy atom. The number of nitrogens with two attached hydrogens (primary N) is 1. The van der Waals surface area contributed by atoms with Crippen LogP contribution in [-0.4, -0.2) is 12.3 Å². The number of carbonyl (C=O) groups is 1. The fourth-order valence-corrected chi connectivity index (χ4v) is 2.80. The molecule has 0 spiro atoms. The fourth-order valence-electron chi connectivity index (χ4n) is 2.62.